The molecule has 1 atom stereocenters. The zero-order chi connectivity index (χ0) is 14.7. The normalized spacial score (nSPS) is 13.2. The highest BCUT2D eigenvalue weighted by Crippen LogP contribution is 2.13. The summed E-state index contributed by atoms with van der Waals surface area (Å²) in [6.45, 7) is 8.55. The molecule has 0 saturated heterocycles. The van der Waals surface area contributed by atoms with Crippen molar-refractivity contribution in [2.45, 2.75) is 91.1 Å². The van der Waals surface area contributed by atoms with E-state index in [9.17, 15) is 4.79 Å². The van der Waals surface area contributed by atoms with Gasteiger partial charge in [-0.05, 0) is 18.8 Å². The number of unbranched alkanes of at least 4 members (excludes halogenated alkanes) is 4. The molecule has 3 N–H and O–H groups in total. The molecule has 3 heteroatoms. The molecule has 1 unspecified atom stereocenters. The van der Waals surface area contributed by atoms with Crippen molar-refractivity contribution >= 4 is 5.91 Å². The molecule has 0 saturated carbocycles. The zero-order valence-corrected chi connectivity index (χ0v) is 13.4. The molecule has 0 fully saturated rings. The topological polar surface area (TPSA) is 55.1 Å². The van der Waals surface area contributed by atoms with E-state index in [4.69, 9.17) is 5.73 Å². The first-order chi connectivity index (χ1) is 9.02. The van der Waals surface area contributed by atoms with Gasteiger partial charge in [-0.15, -0.1) is 0 Å². The van der Waals surface area contributed by atoms with Gasteiger partial charge in [-0.2, -0.15) is 0 Å². The van der Waals surface area contributed by atoms with Crippen LogP contribution in [-0.4, -0.2) is 18.0 Å². The summed E-state index contributed by atoms with van der Waals surface area (Å²) in [4.78, 5) is 11.5. The van der Waals surface area contributed by atoms with Crippen LogP contribution in [0.4, 0.5) is 0 Å². The van der Waals surface area contributed by atoms with Gasteiger partial charge < -0.3 is 11.1 Å². The van der Waals surface area contributed by atoms with Gasteiger partial charge in [0.15, 0.2) is 0 Å². The molecule has 3 nitrogen and oxygen atoms in total. The van der Waals surface area contributed by atoms with Crippen molar-refractivity contribution < 1.29 is 4.79 Å². The fraction of sp³-hybridized carbons (Fsp3) is 0.938. The summed E-state index contributed by atoms with van der Waals surface area (Å²) >= 11 is 0. The van der Waals surface area contributed by atoms with E-state index in [1.165, 1.54) is 38.5 Å². The van der Waals surface area contributed by atoms with Gasteiger partial charge in [-0.25, -0.2) is 0 Å². The molecule has 0 spiro atoms. The van der Waals surface area contributed by atoms with E-state index in [0.29, 0.717) is 6.04 Å². The summed E-state index contributed by atoms with van der Waals surface area (Å²) in [5, 5.41) is 3.50. The van der Waals surface area contributed by atoms with E-state index in [1.807, 2.05) is 0 Å². The fourth-order valence-corrected chi connectivity index (χ4v) is 2.45. The van der Waals surface area contributed by atoms with Crippen LogP contribution in [0.2, 0.25) is 0 Å². The number of nitrogens with one attached hydrogen (secondary N) is 1. The SMILES string of the molecule is CCCCCC(CCCCC)NC(C(N)=O)C(C)C. The second kappa shape index (κ2) is 11.3. The van der Waals surface area contributed by atoms with Gasteiger partial charge in [0, 0.05) is 6.04 Å². The second-order valence-electron chi connectivity index (χ2n) is 5.98. The van der Waals surface area contributed by atoms with E-state index >= 15 is 0 Å². The molecular formula is C16H34N2O. The minimum absolute atomic E-state index is 0.187. The van der Waals surface area contributed by atoms with Gasteiger partial charge in [0.2, 0.25) is 5.91 Å². The number of rotatable bonds is 12. The molecular weight excluding hydrogens is 236 g/mol. The third-order valence-corrected chi connectivity index (χ3v) is 3.70. The molecule has 0 radical (unpaired) electrons. The number of hydrogen-bond acceptors (Lipinski definition) is 2. The number of primary amides is 1. The molecule has 1 amide bonds. The van der Waals surface area contributed by atoms with E-state index < -0.39 is 0 Å². The van der Waals surface area contributed by atoms with Gasteiger partial charge in [0.25, 0.3) is 0 Å². The van der Waals surface area contributed by atoms with Crippen LogP contribution in [0, 0.1) is 5.92 Å². The number of nitrogens with two attached hydrogens (primary N) is 1. The lowest BCUT2D eigenvalue weighted by molar-refractivity contribution is -0.121. The maximum Gasteiger partial charge on any atom is 0.234 e. The zero-order valence-electron chi connectivity index (χ0n) is 13.4. The maximum absolute atomic E-state index is 11.5. The second-order valence-corrected chi connectivity index (χ2v) is 5.98. The summed E-state index contributed by atoms with van der Waals surface area (Å²) in [6.07, 6.45) is 9.83. The van der Waals surface area contributed by atoms with Crippen LogP contribution >= 0.6 is 0 Å². The molecule has 0 rings (SSSR count). The highest BCUT2D eigenvalue weighted by Gasteiger charge is 2.22. The molecule has 0 aromatic carbocycles. The highest BCUT2D eigenvalue weighted by atomic mass is 16.1. The van der Waals surface area contributed by atoms with Crippen molar-refractivity contribution in [3.8, 4) is 0 Å². The largest absolute Gasteiger partial charge is 0.368 e. The van der Waals surface area contributed by atoms with Gasteiger partial charge in [0.1, 0.15) is 0 Å². The Morgan fingerprint density at radius 1 is 1.00 bits per heavy atom. The first-order valence-electron chi connectivity index (χ1n) is 8.08. The summed E-state index contributed by atoms with van der Waals surface area (Å²) in [6, 6.07) is 0.256. The number of carbonyl (C=O) groups excluding carboxylic acids is 1. The van der Waals surface area contributed by atoms with Crippen molar-refractivity contribution in [1.29, 1.82) is 0 Å². The standard InChI is InChI=1S/C16H34N2O/c1-5-7-9-11-14(12-10-8-6-2)18-15(13(3)4)16(17)19/h13-15,18H,5-12H2,1-4H3,(H2,17,19). The van der Waals surface area contributed by atoms with Crippen LogP contribution in [-0.2, 0) is 4.79 Å². The molecule has 0 aliphatic rings. The van der Waals surface area contributed by atoms with Crippen LogP contribution < -0.4 is 11.1 Å². The smallest absolute Gasteiger partial charge is 0.234 e. The highest BCUT2D eigenvalue weighted by molar-refractivity contribution is 5.80. The third kappa shape index (κ3) is 9.04. The lowest BCUT2D eigenvalue weighted by Crippen LogP contribution is -2.49. The fourth-order valence-electron chi connectivity index (χ4n) is 2.45. The van der Waals surface area contributed by atoms with E-state index in [0.717, 1.165) is 12.8 Å². The summed E-state index contributed by atoms with van der Waals surface area (Å²) in [7, 11) is 0. The number of hydrogen-bond donors (Lipinski definition) is 2. The number of carbonyl (C=O) groups is 1. The molecule has 114 valence electrons. The maximum atomic E-state index is 11.5. The van der Waals surface area contributed by atoms with Crippen LogP contribution in [0.15, 0.2) is 0 Å². The predicted molar refractivity (Wildman–Crippen MR) is 83.0 cm³/mol. The summed E-state index contributed by atoms with van der Waals surface area (Å²) in [5.41, 5.74) is 5.49. The van der Waals surface area contributed by atoms with Gasteiger partial charge in [-0.1, -0.05) is 66.2 Å². The molecule has 19 heavy (non-hydrogen) atoms. The Morgan fingerprint density at radius 3 is 1.79 bits per heavy atom. The van der Waals surface area contributed by atoms with Gasteiger partial charge >= 0.3 is 0 Å². The quantitative estimate of drug-likeness (QED) is 0.532. The average molecular weight is 270 g/mol. The summed E-state index contributed by atoms with van der Waals surface area (Å²) < 4.78 is 0. The third-order valence-electron chi connectivity index (χ3n) is 3.70. The Kier molecular flexibility index (Phi) is 10.9. The van der Waals surface area contributed by atoms with E-state index in [-0.39, 0.29) is 17.9 Å². The Balaban J connectivity index is 4.30. The van der Waals surface area contributed by atoms with Crippen molar-refractivity contribution in [3.63, 3.8) is 0 Å². The van der Waals surface area contributed by atoms with Crippen molar-refractivity contribution in [2.24, 2.45) is 11.7 Å². The van der Waals surface area contributed by atoms with Gasteiger partial charge in [0.05, 0.1) is 6.04 Å². The minimum Gasteiger partial charge on any atom is -0.368 e. The molecule has 0 heterocycles. The summed E-state index contributed by atoms with van der Waals surface area (Å²) in [5.74, 6) is 0.0448. The Morgan fingerprint density at radius 2 is 1.47 bits per heavy atom. The Bertz CT molecular complexity index is 219. The lowest BCUT2D eigenvalue weighted by Gasteiger charge is -2.26. The predicted octanol–water partition coefficient (Wildman–Crippen LogP) is 3.62. The van der Waals surface area contributed by atoms with Crippen molar-refractivity contribution in [2.75, 3.05) is 0 Å². The Hall–Kier alpha value is -0.570. The van der Waals surface area contributed by atoms with Crippen LogP contribution in [0.25, 0.3) is 0 Å². The molecule has 0 aromatic heterocycles. The van der Waals surface area contributed by atoms with Crippen LogP contribution in [0.1, 0.15) is 79.1 Å². The lowest BCUT2D eigenvalue weighted by atomic mass is 9.97. The Labute approximate surface area is 119 Å². The first kappa shape index (κ1) is 18.4. The molecule has 0 aliphatic carbocycles. The number of amides is 1. The van der Waals surface area contributed by atoms with E-state index in [1.54, 1.807) is 0 Å². The monoisotopic (exact) mass is 270 g/mol. The minimum atomic E-state index is -0.217. The molecule has 0 aromatic rings. The van der Waals surface area contributed by atoms with E-state index in [2.05, 4.69) is 33.0 Å². The van der Waals surface area contributed by atoms with Gasteiger partial charge in [-0.3, -0.25) is 4.79 Å². The van der Waals surface area contributed by atoms with Crippen LogP contribution in [0.3, 0.4) is 0 Å². The molecule has 0 aliphatic heterocycles. The van der Waals surface area contributed by atoms with Crippen LogP contribution in [0.5, 0.6) is 0 Å². The average Bonchev–Trinajstić information content (AvgIpc) is 2.34. The molecule has 0 bridgehead atoms. The first-order valence-corrected chi connectivity index (χ1v) is 8.08. The van der Waals surface area contributed by atoms with Crippen molar-refractivity contribution in [1.82, 2.24) is 5.32 Å². The van der Waals surface area contributed by atoms with Crippen molar-refractivity contribution in [3.05, 3.63) is 0 Å².